The number of hydrogen-bond donors (Lipinski definition) is 2. The molecule has 1 aliphatic carbocycles. The molecule has 1 aromatic carbocycles. The number of carbonyl (C=O) groups is 1. The maximum atomic E-state index is 12.8. The average molecular weight is 275 g/mol. The van der Waals surface area contributed by atoms with Crippen LogP contribution in [0, 0.1) is 13.8 Å². The minimum Gasteiger partial charge on any atom is -0.409 e. The van der Waals surface area contributed by atoms with Gasteiger partial charge in [-0.1, -0.05) is 23.4 Å². The van der Waals surface area contributed by atoms with E-state index in [1.54, 1.807) is 0 Å². The summed E-state index contributed by atoms with van der Waals surface area (Å²) in [7, 11) is 0. The van der Waals surface area contributed by atoms with Gasteiger partial charge in [0.05, 0.1) is 0 Å². The molecule has 0 saturated heterocycles. The normalized spacial score (nSPS) is 15.2. The zero-order valence-electron chi connectivity index (χ0n) is 12.0. The maximum absolute atomic E-state index is 12.8. The number of carbonyl (C=O) groups excluding carboxylic acids is 1. The second-order valence-corrected chi connectivity index (χ2v) is 5.34. The van der Waals surface area contributed by atoms with Crippen LogP contribution < -0.4 is 5.73 Å². The molecule has 5 nitrogen and oxygen atoms in total. The van der Waals surface area contributed by atoms with Gasteiger partial charge in [-0.25, -0.2) is 0 Å². The summed E-state index contributed by atoms with van der Waals surface area (Å²) in [4.78, 5) is 14.6. The number of amidine groups is 1. The predicted molar refractivity (Wildman–Crippen MR) is 78.0 cm³/mol. The second-order valence-electron chi connectivity index (χ2n) is 5.34. The quantitative estimate of drug-likeness (QED) is 0.373. The third-order valence-corrected chi connectivity index (χ3v) is 3.68. The van der Waals surface area contributed by atoms with Crippen LogP contribution in [0.2, 0.25) is 0 Å². The number of nitrogens with zero attached hydrogens (tertiary/aromatic N) is 2. The van der Waals surface area contributed by atoms with E-state index in [4.69, 9.17) is 10.9 Å². The summed E-state index contributed by atoms with van der Waals surface area (Å²) < 4.78 is 0. The molecule has 0 unspecified atom stereocenters. The lowest BCUT2D eigenvalue weighted by Gasteiger charge is -2.24. The standard InChI is InChI=1S/C15H21N3O2/c1-10-4-3-5-11(2)14(10)15(19)18(12-6-7-12)9-8-13(16)17-20/h3-5,12,20H,6-9H2,1-2H3,(H2,16,17). The number of amides is 1. The third-order valence-electron chi connectivity index (χ3n) is 3.68. The fraction of sp³-hybridized carbons (Fsp3) is 0.467. The Bertz CT molecular complexity index is 516. The molecule has 0 aliphatic heterocycles. The van der Waals surface area contributed by atoms with Crippen LogP contribution >= 0.6 is 0 Å². The Balaban J connectivity index is 2.19. The van der Waals surface area contributed by atoms with Gasteiger partial charge in [0.1, 0.15) is 5.84 Å². The van der Waals surface area contributed by atoms with Crippen molar-refractivity contribution in [2.75, 3.05) is 6.54 Å². The molecule has 5 heteroatoms. The number of benzene rings is 1. The molecule has 1 saturated carbocycles. The van der Waals surface area contributed by atoms with Crippen LogP contribution in [0.15, 0.2) is 23.4 Å². The summed E-state index contributed by atoms with van der Waals surface area (Å²) in [6.07, 6.45) is 2.46. The van der Waals surface area contributed by atoms with Gasteiger partial charge in [0, 0.05) is 24.6 Å². The molecule has 20 heavy (non-hydrogen) atoms. The predicted octanol–water partition coefficient (Wildman–Crippen LogP) is 2.04. The molecule has 0 bridgehead atoms. The number of aryl methyl sites for hydroxylation is 2. The van der Waals surface area contributed by atoms with Gasteiger partial charge in [-0.15, -0.1) is 0 Å². The first-order valence-corrected chi connectivity index (χ1v) is 6.88. The van der Waals surface area contributed by atoms with Gasteiger partial charge in [-0.2, -0.15) is 0 Å². The highest BCUT2D eigenvalue weighted by atomic mass is 16.4. The first-order chi connectivity index (χ1) is 9.54. The summed E-state index contributed by atoms with van der Waals surface area (Å²) in [5.41, 5.74) is 8.26. The average Bonchev–Trinajstić information content (AvgIpc) is 3.23. The van der Waals surface area contributed by atoms with Crippen LogP contribution in [0.3, 0.4) is 0 Å². The van der Waals surface area contributed by atoms with Crippen LogP contribution in [0.5, 0.6) is 0 Å². The van der Waals surface area contributed by atoms with Crippen molar-refractivity contribution >= 4 is 11.7 Å². The van der Waals surface area contributed by atoms with Crippen molar-refractivity contribution in [2.45, 2.75) is 39.2 Å². The summed E-state index contributed by atoms with van der Waals surface area (Å²) in [6, 6.07) is 6.16. The van der Waals surface area contributed by atoms with Gasteiger partial charge in [0.15, 0.2) is 0 Å². The number of rotatable bonds is 5. The van der Waals surface area contributed by atoms with Crippen molar-refractivity contribution in [3.05, 3.63) is 34.9 Å². The SMILES string of the molecule is Cc1cccc(C)c1C(=O)N(CC/C(N)=N/O)C1CC1. The molecule has 1 amide bonds. The van der Waals surface area contributed by atoms with E-state index in [0.717, 1.165) is 29.5 Å². The van der Waals surface area contributed by atoms with Gasteiger partial charge in [0.2, 0.25) is 0 Å². The number of oxime groups is 1. The molecular weight excluding hydrogens is 254 g/mol. The first kappa shape index (κ1) is 14.4. The lowest BCUT2D eigenvalue weighted by molar-refractivity contribution is 0.0746. The minimum atomic E-state index is 0.0499. The maximum Gasteiger partial charge on any atom is 0.254 e. The van der Waals surface area contributed by atoms with Gasteiger partial charge in [-0.05, 0) is 37.8 Å². The van der Waals surface area contributed by atoms with Gasteiger partial charge in [-0.3, -0.25) is 4.79 Å². The summed E-state index contributed by atoms with van der Waals surface area (Å²) >= 11 is 0. The van der Waals surface area contributed by atoms with E-state index in [0.29, 0.717) is 19.0 Å². The van der Waals surface area contributed by atoms with Crippen LogP contribution in [0.4, 0.5) is 0 Å². The lowest BCUT2D eigenvalue weighted by atomic mass is 10.0. The second kappa shape index (κ2) is 5.94. The topological polar surface area (TPSA) is 78.9 Å². The molecule has 2 rings (SSSR count). The molecule has 0 radical (unpaired) electrons. The monoisotopic (exact) mass is 275 g/mol. The van der Waals surface area contributed by atoms with Crippen LogP contribution in [-0.4, -0.2) is 34.4 Å². The molecule has 1 fully saturated rings. The molecule has 0 aromatic heterocycles. The molecule has 108 valence electrons. The summed E-state index contributed by atoms with van der Waals surface area (Å²) in [5, 5.41) is 11.6. The molecule has 0 spiro atoms. The van der Waals surface area contributed by atoms with E-state index >= 15 is 0 Å². The zero-order valence-corrected chi connectivity index (χ0v) is 12.0. The summed E-state index contributed by atoms with van der Waals surface area (Å²) in [5.74, 6) is 0.207. The first-order valence-electron chi connectivity index (χ1n) is 6.88. The smallest absolute Gasteiger partial charge is 0.254 e. The van der Waals surface area contributed by atoms with Crippen LogP contribution in [0.25, 0.3) is 0 Å². The number of nitrogens with two attached hydrogens (primary N) is 1. The van der Waals surface area contributed by atoms with E-state index < -0.39 is 0 Å². The van der Waals surface area contributed by atoms with Crippen molar-refractivity contribution in [1.82, 2.24) is 4.90 Å². The van der Waals surface area contributed by atoms with Crippen molar-refractivity contribution < 1.29 is 10.0 Å². The Kier molecular flexibility index (Phi) is 4.27. The van der Waals surface area contributed by atoms with E-state index in [1.165, 1.54) is 0 Å². The Morgan fingerprint density at radius 2 is 2.00 bits per heavy atom. The Hall–Kier alpha value is -2.04. The molecule has 0 heterocycles. The van der Waals surface area contributed by atoms with Crippen molar-refractivity contribution in [2.24, 2.45) is 10.9 Å². The third kappa shape index (κ3) is 3.10. The van der Waals surface area contributed by atoms with Crippen molar-refractivity contribution in [3.8, 4) is 0 Å². The fourth-order valence-corrected chi connectivity index (χ4v) is 2.42. The van der Waals surface area contributed by atoms with Gasteiger partial charge in [0.25, 0.3) is 5.91 Å². The van der Waals surface area contributed by atoms with E-state index in [1.807, 2.05) is 36.9 Å². The van der Waals surface area contributed by atoms with Crippen molar-refractivity contribution in [1.29, 1.82) is 0 Å². The van der Waals surface area contributed by atoms with Crippen LogP contribution in [-0.2, 0) is 0 Å². The van der Waals surface area contributed by atoms with E-state index in [-0.39, 0.29) is 11.7 Å². The lowest BCUT2D eigenvalue weighted by Crippen LogP contribution is -2.36. The Morgan fingerprint density at radius 3 is 2.50 bits per heavy atom. The fourth-order valence-electron chi connectivity index (χ4n) is 2.42. The zero-order chi connectivity index (χ0) is 14.7. The highest BCUT2D eigenvalue weighted by Gasteiger charge is 2.33. The highest BCUT2D eigenvalue weighted by Crippen LogP contribution is 2.29. The molecule has 1 aliphatic rings. The molecule has 0 atom stereocenters. The molecular formula is C15H21N3O2. The molecule has 3 N–H and O–H groups in total. The van der Waals surface area contributed by atoms with E-state index in [2.05, 4.69) is 5.16 Å². The van der Waals surface area contributed by atoms with Gasteiger partial charge < -0.3 is 15.8 Å². The molecule has 1 aromatic rings. The van der Waals surface area contributed by atoms with E-state index in [9.17, 15) is 4.79 Å². The Morgan fingerprint density at radius 1 is 1.40 bits per heavy atom. The van der Waals surface area contributed by atoms with Crippen molar-refractivity contribution in [3.63, 3.8) is 0 Å². The summed E-state index contributed by atoms with van der Waals surface area (Å²) in [6.45, 7) is 4.40. The Labute approximate surface area is 119 Å². The van der Waals surface area contributed by atoms with Gasteiger partial charge >= 0.3 is 0 Å². The largest absolute Gasteiger partial charge is 0.409 e. The highest BCUT2D eigenvalue weighted by molar-refractivity contribution is 5.97. The number of hydrogen-bond acceptors (Lipinski definition) is 3. The van der Waals surface area contributed by atoms with Crippen LogP contribution in [0.1, 0.15) is 40.7 Å². The minimum absolute atomic E-state index is 0.0499.